The molecule has 1 heterocycles. The van der Waals surface area contributed by atoms with Crippen molar-refractivity contribution in [3.63, 3.8) is 0 Å². The summed E-state index contributed by atoms with van der Waals surface area (Å²) in [5.74, 6) is 6.25. The highest BCUT2D eigenvalue weighted by atomic mass is 16.5. The molecule has 2 aliphatic carbocycles. The molecule has 0 N–H and O–H groups in total. The monoisotopic (exact) mass is 1690 g/mol. The second-order valence-corrected chi connectivity index (χ2v) is 33.1. The van der Waals surface area contributed by atoms with Gasteiger partial charge in [-0.15, -0.1) is 0 Å². The maximum absolute atomic E-state index is 5.77. The third-order valence-corrected chi connectivity index (χ3v) is 23.1. The van der Waals surface area contributed by atoms with Gasteiger partial charge in [-0.25, -0.2) is 0 Å². The van der Waals surface area contributed by atoms with E-state index in [1.54, 1.807) is 46.7 Å². The zero-order valence-corrected chi connectivity index (χ0v) is 84.5. The Labute approximate surface area is 749 Å². The topological polar surface area (TPSA) is 99.2 Å². The molecule has 11 nitrogen and oxygen atoms in total. The molecule has 4 unspecified atom stereocenters. The Morgan fingerprint density at radius 3 is 1.30 bits per heavy atom. The van der Waals surface area contributed by atoms with Gasteiger partial charge in [0.2, 0.25) is 0 Å². The van der Waals surface area contributed by atoms with Crippen LogP contribution >= 0.6 is 0 Å². The van der Waals surface area contributed by atoms with Crippen LogP contribution in [-0.2, 0) is 104 Å². The summed E-state index contributed by atoms with van der Waals surface area (Å²) >= 11 is 0. The van der Waals surface area contributed by atoms with E-state index in [1.807, 2.05) is 24.4 Å². The van der Waals surface area contributed by atoms with Crippen LogP contribution in [0.2, 0.25) is 0 Å². The van der Waals surface area contributed by atoms with Crippen LogP contribution in [0.3, 0.4) is 0 Å². The van der Waals surface area contributed by atoms with Crippen molar-refractivity contribution in [2.24, 2.45) is 29.1 Å². The molecular formula is C110H192N2O9. The highest BCUT2D eigenvalue weighted by Crippen LogP contribution is 2.38. The van der Waals surface area contributed by atoms with Gasteiger partial charge in [0.05, 0.1) is 59.5 Å². The van der Waals surface area contributed by atoms with Crippen LogP contribution in [0.5, 0.6) is 11.5 Å². The summed E-state index contributed by atoms with van der Waals surface area (Å²) in [4.78, 5) is 6.62. The fourth-order valence-electron chi connectivity index (χ4n) is 14.0. The van der Waals surface area contributed by atoms with Crippen LogP contribution < -0.4 is 9.47 Å². The number of pyridine rings is 1. The number of allylic oxidation sites excluding steroid dienone is 6. The molecule has 0 amide bonds. The minimum atomic E-state index is 0.514. The molecule has 11 heteroatoms. The van der Waals surface area contributed by atoms with Crippen molar-refractivity contribution in [1.82, 2.24) is 9.88 Å². The molecule has 5 aromatic rings. The average molecular weight is 1690 g/mol. The summed E-state index contributed by atoms with van der Waals surface area (Å²) in [5, 5.41) is 0. The predicted octanol–water partition coefficient (Wildman–Crippen LogP) is 29.0. The molecule has 1 aromatic heterocycles. The zero-order valence-electron chi connectivity index (χ0n) is 84.5. The highest BCUT2D eigenvalue weighted by molar-refractivity contribution is 5.41. The molecule has 2 saturated carbocycles. The lowest BCUT2D eigenvalue weighted by atomic mass is 9.74. The van der Waals surface area contributed by atoms with E-state index >= 15 is 0 Å². The number of nitrogens with zero attached hydrogens (tertiary/aromatic N) is 2. The van der Waals surface area contributed by atoms with Crippen molar-refractivity contribution in [1.29, 1.82) is 0 Å². The summed E-state index contributed by atoms with van der Waals surface area (Å²) in [7, 11) is 8.45. The number of aromatic nitrogens is 1. The molecule has 0 radical (unpaired) electrons. The minimum Gasteiger partial charge on any atom is -0.491 e. The molecule has 4 aromatic carbocycles. The van der Waals surface area contributed by atoms with Crippen molar-refractivity contribution >= 4 is 0 Å². The zero-order chi connectivity index (χ0) is 91.3. The summed E-state index contributed by atoms with van der Waals surface area (Å²) < 4.78 is 47.1. The predicted molar refractivity (Wildman–Crippen MR) is 530 cm³/mol. The van der Waals surface area contributed by atoms with Gasteiger partial charge in [0.1, 0.15) is 24.7 Å². The van der Waals surface area contributed by atoms with Gasteiger partial charge in [-0.3, -0.25) is 9.88 Å². The summed E-state index contributed by atoms with van der Waals surface area (Å²) in [6, 6.07) is 30.7. The highest BCUT2D eigenvalue weighted by Gasteiger charge is 2.24. The minimum absolute atomic E-state index is 0.514. The second kappa shape index (κ2) is 81.6. The van der Waals surface area contributed by atoms with Gasteiger partial charge in [-0.2, -0.15) is 0 Å². The standard InChI is InChI=1S/C18H30O6.3C12H18.C11H17N.C10H18.C9H21NO3.2C9H18.C8H16/c1-4-16-15-17(23-13-11-21-9-7-19-2)5-6-18(16)24-14-12-22-10-8-20-3;1-4-10-7-11(5-2)9-12(6-3)8-10;1-4-10-7-8-11(5-2)12(6-3)9-10;1-4-10-8-7-9-11(5-2)12(10)6-3;1-4-9(3)11-8-10(5-2)6-7-12-11;1-4-7-9-10(6-3)8-5-2;1-11-7-4-10(5-8-12-2)6-9-13-3;1-8-4-6-9(2,3)7-5-8;1-7-4-5-8(2)9(3)6-7;1-4-7-8(5-2)6-3/h5-6,15H,4,7-14H2,1-3H3;3*7-9H,4-6H2,1-3H3;6-9H,4-5H2,1-3H3;7-9H,4-6H2,1-3H3;4-9H2,1-3H3;8H,4-7H2,1-3H3;7-9H,4-6H2,1-3H3;7H,4-6H2,1-3H3/b;;;;;9-7+,10-8+;;;;. The fourth-order valence-corrected chi connectivity index (χ4v) is 14.0. The first-order valence-electron chi connectivity index (χ1n) is 48.4. The van der Waals surface area contributed by atoms with Crippen molar-refractivity contribution in [3.8, 4) is 11.5 Å². The molecule has 7 rings (SSSR count). The van der Waals surface area contributed by atoms with Crippen molar-refractivity contribution < 1.29 is 42.6 Å². The normalized spacial score (nSPS) is 14.8. The maximum Gasteiger partial charge on any atom is 0.122 e. The Morgan fingerprint density at radius 1 is 0.421 bits per heavy atom. The van der Waals surface area contributed by atoms with E-state index in [0.717, 1.165) is 164 Å². The van der Waals surface area contributed by atoms with Gasteiger partial charge >= 0.3 is 0 Å². The van der Waals surface area contributed by atoms with E-state index in [9.17, 15) is 0 Å². The van der Waals surface area contributed by atoms with E-state index in [1.165, 1.54) is 138 Å². The Kier molecular flexibility index (Phi) is 80.7. The van der Waals surface area contributed by atoms with Gasteiger partial charge in [-0.1, -0.05) is 289 Å². The molecule has 0 spiro atoms. The van der Waals surface area contributed by atoms with Gasteiger partial charge in [-0.05, 0) is 261 Å². The van der Waals surface area contributed by atoms with Crippen LogP contribution in [0.1, 0.15) is 336 Å². The molecular weight excluding hydrogens is 1490 g/mol. The molecule has 4 atom stereocenters. The van der Waals surface area contributed by atoms with E-state index in [4.69, 9.17) is 42.6 Å². The number of benzene rings is 4. The Balaban J connectivity index is -0.00000130. The van der Waals surface area contributed by atoms with Gasteiger partial charge in [0.15, 0.2) is 0 Å². The Bertz CT molecular complexity index is 3150. The molecule has 121 heavy (non-hydrogen) atoms. The molecule has 2 fully saturated rings. The second-order valence-electron chi connectivity index (χ2n) is 33.1. The van der Waals surface area contributed by atoms with Crippen molar-refractivity contribution in [3.05, 3.63) is 193 Å². The molecule has 696 valence electrons. The lowest BCUT2D eigenvalue weighted by Crippen LogP contribution is -2.33. The van der Waals surface area contributed by atoms with Crippen molar-refractivity contribution in [2.75, 3.05) is 128 Å². The summed E-state index contributed by atoms with van der Waals surface area (Å²) in [6.45, 7) is 65.7. The largest absolute Gasteiger partial charge is 0.491 e. The first-order chi connectivity index (χ1) is 58.4. The molecule has 0 bridgehead atoms. The lowest BCUT2D eigenvalue weighted by molar-refractivity contribution is 0.0537. The number of rotatable bonds is 43. The van der Waals surface area contributed by atoms with E-state index in [0.29, 0.717) is 64.2 Å². The van der Waals surface area contributed by atoms with Gasteiger partial charge in [0.25, 0.3) is 0 Å². The van der Waals surface area contributed by atoms with Crippen LogP contribution in [0.4, 0.5) is 0 Å². The Morgan fingerprint density at radius 2 is 0.901 bits per heavy atom. The number of hydrogen-bond acceptors (Lipinski definition) is 11. The molecule has 0 saturated heterocycles. The fraction of sp³-hybridized carbons (Fsp3) is 0.682. The smallest absolute Gasteiger partial charge is 0.122 e. The summed E-state index contributed by atoms with van der Waals surface area (Å²) in [6.07, 6.45) is 41.8. The van der Waals surface area contributed by atoms with E-state index < -0.39 is 0 Å². The lowest BCUT2D eigenvalue weighted by Gasteiger charge is -2.32. The maximum atomic E-state index is 5.77. The van der Waals surface area contributed by atoms with Crippen LogP contribution in [0.15, 0.2) is 127 Å². The quantitative estimate of drug-likeness (QED) is 0.0212. The van der Waals surface area contributed by atoms with Gasteiger partial charge in [0, 0.05) is 67.1 Å². The van der Waals surface area contributed by atoms with E-state index in [-0.39, 0.29) is 0 Å². The number of aryl methyl sites for hydroxylation is 10. The third kappa shape index (κ3) is 61.5. The summed E-state index contributed by atoms with van der Waals surface area (Å²) in [5.41, 5.74) is 21.0. The third-order valence-electron chi connectivity index (χ3n) is 23.1. The van der Waals surface area contributed by atoms with Gasteiger partial charge < -0.3 is 42.6 Å². The van der Waals surface area contributed by atoms with Crippen LogP contribution in [0, 0.1) is 29.1 Å². The number of hydrogen-bond donors (Lipinski definition) is 0. The van der Waals surface area contributed by atoms with Crippen LogP contribution in [-0.4, -0.2) is 138 Å². The van der Waals surface area contributed by atoms with Crippen LogP contribution in [0.25, 0.3) is 0 Å². The number of methoxy groups -OCH3 is 5. The first-order valence-corrected chi connectivity index (χ1v) is 48.4. The average Bonchev–Trinajstić information content (AvgIpc) is 0.862. The molecule has 2 aliphatic rings. The SMILES string of the molecule is CC/C=C/C(=C/CC)CC.CC1CCC(C)(C)CC1.CC1CCC(C)C(C)C1.CCC=C(CC)CC.CCc1cc(CC)cc(CC)c1.CCc1cc(OCCOCCOC)ccc1OCCOCCOC.CCc1ccc(CC)c(CC)c1.CCc1cccc(CC)c1CC.CCc1ccnc(C(C)CC)c1.COCCN(CCOC)CCOC. The molecule has 0 aliphatic heterocycles. The Hall–Kier alpha value is -5.47. The van der Waals surface area contributed by atoms with Crippen molar-refractivity contribution in [2.45, 2.75) is 340 Å². The van der Waals surface area contributed by atoms with E-state index in [2.05, 4.69) is 274 Å². The number of ether oxygens (including phenoxy) is 9. The first kappa shape index (κ1) is 120.